The zero-order valence-electron chi connectivity index (χ0n) is 13.8. The van der Waals surface area contributed by atoms with Crippen molar-refractivity contribution in [3.8, 4) is 0 Å². The van der Waals surface area contributed by atoms with E-state index < -0.39 is 0 Å². The minimum Gasteiger partial charge on any atom is -0.376 e. The van der Waals surface area contributed by atoms with Gasteiger partial charge in [0.15, 0.2) is 5.96 Å². The van der Waals surface area contributed by atoms with E-state index in [0.717, 1.165) is 37.4 Å². The molecule has 1 N–H and O–H groups in total. The Labute approximate surface area is 129 Å². The summed E-state index contributed by atoms with van der Waals surface area (Å²) in [5.74, 6) is 2.63. The van der Waals surface area contributed by atoms with Crippen LogP contribution in [0.15, 0.2) is 4.99 Å². The number of likely N-dealkylation sites (tertiary alicyclic amines) is 1. The van der Waals surface area contributed by atoms with Crippen molar-refractivity contribution in [3.63, 3.8) is 0 Å². The zero-order valence-corrected chi connectivity index (χ0v) is 13.8. The quantitative estimate of drug-likeness (QED) is 0.620. The van der Waals surface area contributed by atoms with Crippen molar-refractivity contribution < 1.29 is 9.47 Å². The second-order valence-corrected chi connectivity index (χ2v) is 6.49. The van der Waals surface area contributed by atoms with Crippen LogP contribution in [0, 0.1) is 11.8 Å². The molecule has 0 aromatic rings. The molecule has 0 bridgehead atoms. The summed E-state index contributed by atoms with van der Waals surface area (Å²) in [7, 11) is 0. The molecule has 21 heavy (non-hydrogen) atoms. The molecule has 2 aliphatic rings. The number of aliphatic imine (C=N–C) groups is 1. The third-order valence-corrected chi connectivity index (χ3v) is 4.05. The second-order valence-electron chi connectivity index (χ2n) is 6.49. The smallest absolute Gasteiger partial charge is 0.194 e. The average Bonchev–Trinajstić information content (AvgIpc) is 2.92. The van der Waals surface area contributed by atoms with Crippen molar-refractivity contribution in [2.45, 2.75) is 39.7 Å². The minimum absolute atomic E-state index is 0.112. The average molecular weight is 297 g/mol. The van der Waals surface area contributed by atoms with Crippen LogP contribution in [0.2, 0.25) is 0 Å². The van der Waals surface area contributed by atoms with Gasteiger partial charge in [0.25, 0.3) is 0 Å². The summed E-state index contributed by atoms with van der Waals surface area (Å²) in [6, 6.07) is 0. The molecule has 5 nitrogen and oxygen atoms in total. The fourth-order valence-corrected chi connectivity index (χ4v) is 3.14. The van der Waals surface area contributed by atoms with Crippen LogP contribution in [0.3, 0.4) is 0 Å². The maximum absolute atomic E-state index is 5.66. The van der Waals surface area contributed by atoms with E-state index in [4.69, 9.17) is 14.5 Å². The van der Waals surface area contributed by atoms with Crippen LogP contribution >= 0.6 is 0 Å². The lowest BCUT2D eigenvalue weighted by Gasteiger charge is -2.25. The Balaban J connectivity index is 1.85. The molecule has 0 amide bonds. The first kappa shape index (κ1) is 16.6. The predicted molar refractivity (Wildman–Crippen MR) is 85.7 cm³/mol. The predicted octanol–water partition coefficient (Wildman–Crippen LogP) is 1.74. The second kappa shape index (κ2) is 8.59. The maximum Gasteiger partial charge on any atom is 0.194 e. The maximum atomic E-state index is 5.66. The van der Waals surface area contributed by atoms with Gasteiger partial charge in [-0.05, 0) is 31.6 Å². The van der Waals surface area contributed by atoms with Crippen molar-refractivity contribution in [1.82, 2.24) is 10.2 Å². The normalized spacial score (nSPS) is 27.4. The lowest BCUT2D eigenvalue weighted by Crippen LogP contribution is -2.41. The summed E-state index contributed by atoms with van der Waals surface area (Å²) in [4.78, 5) is 7.16. The summed E-state index contributed by atoms with van der Waals surface area (Å²) in [6.45, 7) is 12.7. The summed E-state index contributed by atoms with van der Waals surface area (Å²) in [5.41, 5.74) is 0. The Hall–Kier alpha value is -0.810. The lowest BCUT2D eigenvalue weighted by atomic mass is 9.97. The van der Waals surface area contributed by atoms with Crippen LogP contribution in [0.4, 0.5) is 0 Å². The molecule has 2 rings (SSSR count). The highest BCUT2D eigenvalue weighted by Crippen LogP contribution is 2.23. The largest absolute Gasteiger partial charge is 0.376 e. The van der Waals surface area contributed by atoms with Crippen molar-refractivity contribution in [2.75, 3.05) is 46.0 Å². The molecular weight excluding hydrogens is 266 g/mol. The van der Waals surface area contributed by atoms with Crippen molar-refractivity contribution in [1.29, 1.82) is 0 Å². The van der Waals surface area contributed by atoms with E-state index >= 15 is 0 Å². The monoisotopic (exact) mass is 297 g/mol. The summed E-state index contributed by atoms with van der Waals surface area (Å²) >= 11 is 0. The molecule has 0 spiro atoms. The van der Waals surface area contributed by atoms with Gasteiger partial charge in [0, 0.05) is 19.6 Å². The van der Waals surface area contributed by atoms with Crippen molar-refractivity contribution in [3.05, 3.63) is 0 Å². The summed E-state index contributed by atoms with van der Waals surface area (Å²) < 4.78 is 11.1. The van der Waals surface area contributed by atoms with E-state index in [9.17, 15) is 0 Å². The van der Waals surface area contributed by atoms with Gasteiger partial charge >= 0.3 is 0 Å². The van der Waals surface area contributed by atoms with Gasteiger partial charge in [-0.15, -0.1) is 0 Å². The highest BCUT2D eigenvalue weighted by atomic mass is 16.6. The van der Waals surface area contributed by atoms with E-state index in [-0.39, 0.29) is 6.10 Å². The van der Waals surface area contributed by atoms with E-state index in [0.29, 0.717) is 26.4 Å². The molecule has 0 aliphatic carbocycles. The standard InChI is InChI=1S/C16H31N3O2/c1-4-17-16(18-10-15-12-20-7-8-21-15)19-6-5-14(11-19)9-13(2)3/h13-15H,4-12H2,1-3H3,(H,17,18). The molecule has 2 saturated heterocycles. The fraction of sp³-hybridized carbons (Fsp3) is 0.938. The molecule has 2 heterocycles. The first-order valence-corrected chi connectivity index (χ1v) is 8.41. The fourth-order valence-electron chi connectivity index (χ4n) is 3.14. The van der Waals surface area contributed by atoms with Crippen LogP contribution in [-0.4, -0.2) is 63.0 Å². The van der Waals surface area contributed by atoms with Gasteiger partial charge in [-0.2, -0.15) is 0 Å². The molecule has 2 aliphatic heterocycles. The number of guanidine groups is 1. The van der Waals surface area contributed by atoms with Crippen LogP contribution in [0.5, 0.6) is 0 Å². The molecule has 0 aromatic carbocycles. The first-order valence-electron chi connectivity index (χ1n) is 8.41. The van der Waals surface area contributed by atoms with Gasteiger partial charge in [-0.1, -0.05) is 13.8 Å². The number of hydrogen-bond donors (Lipinski definition) is 1. The van der Waals surface area contributed by atoms with E-state index in [1.807, 2.05) is 0 Å². The molecule has 122 valence electrons. The van der Waals surface area contributed by atoms with Crippen molar-refractivity contribution in [2.24, 2.45) is 16.8 Å². The Kier molecular flexibility index (Phi) is 6.77. The van der Waals surface area contributed by atoms with Crippen LogP contribution < -0.4 is 5.32 Å². The number of hydrogen-bond acceptors (Lipinski definition) is 3. The molecule has 2 atom stereocenters. The third-order valence-electron chi connectivity index (χ3n) is 4.05. The van der Waals surface area contributed by atoms with Gasteiger partial charge in [0.2, 0.25) is 0 Å². The summed E-state index contributed by atoms with van der Waals surface area (Å²) in [5, 5.41) is 3.42. The van der Waals surface area contributed by atoms with Gasteiger partial charge in [-0.3, -0.25) is 4.99 Å². The van der Waals surface area contributed by atoms with Gasteiger partial charge in [-0.25, -0.2) is 0 Å². The SMILES string of the molecule is CCNC(=NCC1COCCO1)N1CCC(CC(C)C)C1. The highest BCUT2D eigenvalue weighted by molar-refractivity contribution is 5.80. The van der Waals surface area contributed by atoms with Gasteiger partial charge in [0.1, 0.15) is 6.10 Å². The topological polar surface area (TPSA) is 46.1 Å². The van der Waals surface area contributed by atoms with Crippen LogP contribution in [0.1, 0.15) is 33.6 Å². The van der Waals surface area contributed by atoms with Crippen LogP contribution in [0.25, 0.3) is 0 Å². The van der Waals surface area contributed by atoms with Gasteiger partial charge < -0.3 is 19.7 Å². The molecule has 5 heteroatoms. The highest BCUT2D eigenvalue weighted by Gasteiger charge is 2.25. The molecule has 2 unspecified atom stereocenters. The molecule has 2 fully saturated rings. The Morgan fingerprint density at radius 1 is 1.38 bits per heavy atom. The van der Waals surface area contributed by atoms with E-state index in [2.05, 4.69) is 31.0 Å². The number of nitrogens with one attached hydrogen (secondary N) is 1. The van der Waals surface area contributed by atoms with Crippen LogP contribution in [-0.2, 0) is 9.47 Å². The summed E-state index contributed by atoms with van der Waals surface area (Å²) in [6.07, 6.45) is 2.71. The third kappa shape index (κ3) is 5.47. The van der Waals surface area contributed by atoms with E-state index in [1.54, 1.807) is 0 Å². The molecule has 0 aromatic heterocycles. The minimum atomic E-state index is 0.112. The number of nitrogens with zero attached hydrogens (tertiary/aromatic N) is 2. The Morgan fingerprint density at radius 3 is 2.90 bits per heavy atom. The molecular formula is C16H31N3O2. The van der Waals surface area contributed by atoms with Gasteiger partial charge in [0.05, 0.1) is 26.4 Å². The number of rotatable bonds is 5. The number of ether oxygens (including phenoxy) is 2. The molecule has 0 saturated carbocycles. The Morgan fingerprint density at radius 2 is 2.24 bits per heavy atom. The Bertz CT molecular complexity index is 327. The van der Waals surface area contributed by atoms with Crippen molar-refractivity contribution >= 4 is 5.96 Å². The van der Waals surface area contributed by atoms with E-state index in [1.165, 1.54) is 12.8 Å². The molecule has 0 radical (unpaired) electrons. The first-order chi connectivity index (χ1) is 10.2. The zero-order chi connectivity index (χ0) is 15.1. The lowest BCUT2D eigenvalue weighted by molar-refractivity contribution is -0.0833.